The zero-order valence-electron chi connectivity index (χ0n) is 13.1. The van der Waals surface area contributed by atoms with Gasteiger partial charge in [0.15, 0.2) is 0 Å². The Morgan fingerprint density at radius 1 is 1.24 bits per heavy atom. The van der Waals surface area contributed by atoms with Crippen LogP contribution in [0.5, 0.6) is 0 Å². The molecular weight excluding hydrogens is 260 g/mol. The third-order valence-electron chi connectivity index (χ3n) is 3.39. The van der Waals surface area contributed by atoms with Gasteiger partial charge in [0, 0.05) is 26.3 Å². The van der Waals surface area contributed by atoms with E-state index >= 15 is 0 Å². The van der Waals surface area contributed by atoms with Crippen molar-refractivity contribution < 1.29 is 0 Å². The van der Waals surface area contributed by atoms with Crippen molar-refractivity contribution in [1.82, 2.24) is 9.97 Å². The van der Waals surface area contributed by atoms with Gasteiger partial charge in [0.1, 0.15) is 5.82 Å². The van der Waals surface area contributed by atoms with E-state index in [9.17, 15) is 0 Å². The van der Waals surface area contributed by atoms with Crippen LogP contribution in [0.3, 0.4) is 0 Å². The van der Waals surface area contributed by atoms with Crippen LogP contribution < -0.4 is 10.2 Å². The van der Waals surface area contributed by atoms with Crippen LogP contribution in [-0.2, 0) is 6.54 Å². The predicted octanol–water partition coefficient (Wildman–Crippen LogP) is 3.63. The van der Waals surface area contributed by atoms with Crippen molar-refractivity contribution in [2.24, 2.45) is 0 Å². The summed E-state index contributed by atoms with van der Waals surface area (Å²) in [6.45, 7) is 6.05. The van der Waals surface area contributed by atoms with Gasteiger partial charge in [-0.3, -0.25) is 0 Å². The Balaban J connectivity index is 1.97. The standard InChI is InChI=1S/C17H24N4/c1-4-5-11-21(3)17-18-10-9-16(20-17)19-13-15-8-6-7-14(2)12-15/h6-10,12H,4-5,11,13H2,1-3H3,(H,18,19,20). The van der Waals surface area contributed by atoms with Gasteiger partial charge in [-0.25, -0.2) is 4.98 Å². The molecule has 1 N–H and O–H groups in total. The van der Waals surface area contributed by atoms with E-state index in [1.54, 1.807) is 0 Å². The summed E-state index contributed by atoms with van der Waals surface area (Å²) < 4.78 is 0. The number of nitrogens with zero attached hydrogens (tertiary/aromatic N) is 3. The average molecular weight is 284 g/mol. The Kier molecular flexibility index (Phi) is 5.55. The van der Waals surface area contributed by atoms with Gasteiger partial charge < -0.3 is 10.2 Å². The molecule has 1 heterocycles. The lowest BCUT2D eigenvalue weighted by molar-refractivity contribution is 0.750. The highest BCUT2D eigenvalue weighted by molar-refractivity contribution is 5.41. The van der Waals surface area contributed by atoms with E-state index in [1.807, 2.05) is 19.3 Å². The molecule has 0 bridgehead atoms. The van der Waals surface area contributed by atoms with Crippen LogP contribution >= 0.6 is 0 Å². The van der Waals surface area contributed by atoms with E-state index in [0.717, 1.165) is 31.3 Å². The van der Waals surface area contributed by atoms with Crippen molar-refractivity contribution in [3.63, 3.8) is 0 Å². The van der Waals surface area contributed by atoms with E-state index in [1.165, 1.54) is 17.5 Å². The zero-order valence-corrected chi connectivity index (χ0v) is 13.1. The first kappa shape index (κ1) is 15.3. The number of hydrogen-bond acceptors (Lipinski definition) is 4. The van der Waals surface area contributed by atoms with Gasteiger partial charge in [0.2, 0.25) is 5.95 Å². The second-order valence-electron chi connectivity index (χ2n) is 5.36. The highest BCUT2D eigenvalue weighted by atomic mass is 15.2. The minimum atomic E-state index is 0.775. The Bertz CT molecular complexity index is 568. The molecule has 2 aromatic rings. The van der Waals surface area contributed by atoms with Crippen molar-refractivity contribution in [3.8, 4) is 0 Å². The lowest BCUT2D eigenvalue weighted by Crippen LogP contribution is -2.21. The molecule has 0 aliphatic heterocycles. The van der Waals surface area contributed by atoms with Crippen LogP contribution in [0.15, 0.2) is 36.5 Å². The normalized spacial score (nSPS) is 10.4. The second kappa shape index (κ2) is 7.62. The Hall–Kier alpha value is -2.10. The smallest absolute Gasteiger partial charge is 0.226 e. The maximum absolute atomic E-state index is 4.57. The van der Waals surface area contributed by atoms with Gasteiger partial charge >= 0.3 is 0 Å². The summed E-state index contributed by atoms with van der Waals surface area (Å²) in [5.74, 6) is 1.64. The SMILES string of the molecule is CCCCN(C)c1nccc(NCc2cccc(C)c2)n1. The molecule has 4 nitrogen and oxygen atoms in total. The minimum absolute atomic E-state index is 0.775. The van der Waals surface area contributed by atoms with Gasteiger partial charge in [-0.1, -0.05) is 43.2 Å². The Morgan fingerprint density at radius 2 is 2.10 bits per heavy atom. The maximum Gasteiger partial charge on any atom is 0.226 e. The third-order valence-corrected chi connectivity index (χ3v) is 3.39. The van der Waals surface area contributed by atoms with E-state index in [2.05, 4.69) is 58.3 Å². The van der Waals surface area contributed by atoms with Crippen LogP contribution in [0, 0.1) is 6.92 Å². The summed E-state index contributed by atoms with van der Waals surface area (Å²) in [6.07, 6.45) is 4.14. The first-order chi connectivity index (χ1) is 10.2. The molecule has 0 saturated heterocycles. The fourth-order valence-corrected chi connectivity index (χ4v) is 2.14. The number of anilines is 2. The van der Waals surface area contributed by atoms with E-state index < -0.39 is 0 Å². The van der Waals surface area contributed by atoms with Crippen molar-refractivity contribution in [1.29, 1.82) is 0 Å². The number of rotatable bonds is 7. The van der Waals surface area contributed by atoms with Crippen molar-refractivity contribution in [3.05, 3.63) is 47.7 Å². The van der Waals surface area contributed by atoms with Gasteiger partial charge in [0.05, 0.1) is 0 Å². The molecule has 0 unspecified atom stereocenters. The summed E-state index contributed by atoms with van der Waals surface area (Å²) in [4.78, 5) is 11.0. The molecule has 0 amide bonds. The molecule has 2 rings (SSSR count). The quantitative estimate of drug-likeness (QED) is 0.843. The molecule has 1 aromatic heterocycles. The fourth-order valence-electron chi connectivity index (χ4n) is 2.14. The molecule has 0 aliphatic carbocycles. The molecule has 21 heavy (non-hydrogen) atoms. The van der Waals surface area contributed by atoms with Gasteiger partial charge in [-0.15, -0.1) is 0 Å². The lowest BCUT2D eigenvalue weighted by Gasteiger charge is -2.17. The summed E-state index contributed by atoms with van der Waals surface area (Å²) in [7, 11) is 2.04. The van der Waals surface area contributed by atoms with Crippen LogP contribution in [0.2, 0.25) is 0 Å². The molecule has 0 atom stereocenters. The minimum Gasteiger partial charge on any atom is -0.366 e. The molecule has 0 spiro atoms. The Morgan fingerprint density at radius 3 is 2.86 bits per heavy atom. The molecule has 0 aliphatic rings. The zero-order chi connectivity index (χ0) is 15.1. The monoisotopic (exact) mass is 284 g/mol. The number of aryl methyl sites for hydroxylation is 1. The van der Waals surface area contributed by atoms with Gasteiger partial charge in [0.25, 0.3) is 0 Å². The van der Waals surface area contributed by atoms with Crippen LogP contribution in [0.1, 0.15) is 30.9 Å². The van der Waals surface area contributed by atoms with E-state index in [0.29, 0.717) is 0 Å². The summed E-state index contributed by atoms with van der Waals surface area (Å²) >= 11 is 0. The first-order valence-corrected chi connectivity index (χ1v) is 7.52. The number of nitrogens with one attached hydrogen (secondary N) is 1. The molecule has 1 aromatic carbocycles. The predicted molar refractivity (Wildman–Crippen MR) is 88.7 cm³/mol. The van der Waals surface area contributed by atoms with Crippen LogP contribution in [0.25, 0.3) is 0 Å². The van der Waals surface area contributed by atoms with Gasteiger partial charge in [-0.05, 0) is 25.0 Å². The number of benzene rings is 1. The van der Waals surface area contributed by atoms with Crippen molar-refractivity contribution in [2.45, 2.75) is 33.2 Å². The third kappa shape index (κ3) is 4.74. The van der Waals surface area contributed by atoms with Gasteiger partial charge in [-0.2, -0.15) is 4.98 Å². The molecular formula is C17H24N4. The largest absolute Gasteiger partial charge is 0.366 e. The fraction of sp³-hybridized carbons (Fsp3) is 0.412. The summed E-state index contributed by atoms with van der Waals surface area (Å²) in [5, 5.41) is 3.36. The second-order valence-corrected chi connectivity index (χ2v) is 5.36. The summed E-state index contributed by atoms with van der Waals surface area (Å²) in [5.41, 5.74) is 2.53. The highest BCUT2D eigenvalue weighted by Crippen LogP contribution is 2.12. The number of unbranched alkanes of at least 4 members (excludes halogenated alkanes) is 1. The topological polar surface area (TPSA) is 41.1 Å². The molecule has 112 valence electrons. The van der Waals surface area contributed by atoms with Crippen molar-refractivity contribution >= 4 is 11.8 Å². The number of aromatic nitrogens is 2. The number of hydrogen-bond donors (Lipinski definition) is 1. The lowest BCUT2D eigenvalue weighted by atomic mass is 10.1. The molecule has 0 saturated carbocycles. The van der Waals surface area contributed by atoms with E-state index in [-0.39, 0.29) is 0 Å². The summed E-state index contributed by atoms with van der Waals surface area (Å²) in [6, 6.07) is 10.4. The molecule has 0 fully saturated rings. The van der Waals surface area contributed by atoms with Crippen molar-refractivity contribution in [2.75, 3.05) is 23.8 Å². The molecule has 0 radical (unpaired) electrons. The maximum atomic E-state index is 4.57. The van der Waals surface area contributed by atoms with Crippen LogP contribution in [-0.4, -0.2) is 23.6 Å². The Labute approximate surface area is 127 Å². The average Bonchev–Trinajstić information content (AvgIpc) is 2.51. The van der Waals surface area contributed by atoms with Crippen LogP contribution in [0.4, 0.5) is 11.8 Å². The highest BCUT2D eigenvalue weighted by Gasteiger charge is 2.04. The molecule has 4 heteroatoms. The first-order valence-electron chi connectivity index (χ1n) is 7.52. The van der Waals surface area contributed by atoms with E-state index in [4.69, 9.17) is 0 Å².